The van der Waals surface area contributed by atoms with Crippen LogP contribution in [0, 0.1) is 0 Å². The van der Waals surface area contributed by atoms with Gasteiger partial charge in [0.1, 0.15) is 5.00 Å². The second-order valence-corrected chi connectivity index (χ2v) is 8.83. The van der Waals surface area contributed by atoms with E-state index in [2.05, 4.69) is 5.32 Å². The molecule has 0 radical (unpaired) electrons. The molecule has 0 aliphatic heterocycles. The first-order chi connectivity index (χ1) is 12.5. The number of thioether (sulfide) groups is 1. The van der Waals surface area contributed by atoms with Gasteiger partial charge in [0, 0.05) is 15.5 Å². The molecule has 0 spiro atoms. The van der Waals surface area contributed by atoms with Crippen LogP contribution in [-0.4, -0.2) is 30.1 Å². The Morgan fingerprint density at radius 2 is 2.15 bits per heavy atom. The first kappa shape index (κ1) is 18.9. The molecular formula is C17H18N2O4S3. The number of nitrogens with two attached hydrogens (primary N) is 1. The maximum atomic E-state index is 12.0. The summed E-state index contributed by atoms with van der Waals surface area (Å²) in [4.78, 5) is 37.7. The van der Waals surface area contributed by atoms with E-state index in [4.69, 9.17) is 10.5 Å². The van der Waals surface area contributed by atoms with Crippen molar-refractivity contribution >= 4 is 57.2 Å². The summed E-state index contributed by atoms with van der Waals surface area (Å²) < 4.78 is 4.99. The number of amides is 2. The van der Waals surface area contributed by atoms with E-state index in [9.17, 15) is 14.4 Å². The van der Waals surface area contributed by atoms with Gasteiger partial charge >= 0.3 is 5.97 Å². The van der Waals surface area contributed by atoms with Crippen molar-refractivity contribution in [3.05, 3.63) is 38.4 Å². The number of hydrogen-bond acceptors (Lipinski definition) is 7. The molecule has 6 nitrogen and oxygen atoms in total. The number of carbonyl (C=O) groups is 3. The minimum atomic E-state index is -0.540. The largest absolute Gasteiger partial charge is 0.455 e. The van der Waals surface area contributed by atoms with Gasteiger partial charge in [-0.2, -0.15) is 0 Å². The molecule has 0 bridgehead atoms. The van der Waals surface area contributed by atoms with Crippen LogP contribution in [0.5, 0.6) is 0 Å². The third-order valence-electron chi connectivity index (χ3n) is 3.83. The van der Waals surface area contributed by atoms with Crippen LogP contribution in [0.4, 0.5) is 5.00 Å². The fraction of sp³-hybridized carbons (Fsp3) is 0.353. The Hall–Kier alpha value is -1.84. The van der Waals surface area contributed by atoms with Crippen LogP contribution in [0.2, 0.25) is 0 Å². The predicted octanol–water partition coefficient (Wildman–Crippen LogP) is 2.81. The van der Waals surface area contributed by atoms with Crippen molar-refractivity contribution in [3.63, 3.8) is 0 Å². The number of anilines is 1. The van der Waals surface area contributed by atoms with Crippen LogP contribution in [0.1, 0.15) is 32.1 Å². The van der Waals surface area contributed by atoms with E-state index in [0.29, 0.717) is 10.6 Å². The lowest BCUT2D eigenvalue weighted by Crippen LogP contribution is -2.23. The van der Waals surface area contributed by atoms with Crippen molar-refractivity contribution in [2.45, 2.75) is 25.0 Å². The van der Waals surface area contributed by atoms with Crippen LogP contribution < -0.4 is 11.1 Å². The van der Waals surface area contributed by atoms with Crippen molar-refractivity contribution in [2.75, 3.05) is 17.7 Å². The molecular weight excluding hydrogens is 392 g/mol. The first-order valence-corrected chi connectivity index (χ1v) is 10.9. The molecule has 1 aliphatic carbocycles. The van der Waals surface area contributed by atoms with E-state index in [1.807, 2.05) is 17.5 Å². The number of nitrogens with one attached hydrogen (secondary N) is 1. The van der Waals surface area contributed by atoms with E-state index in [1.54, 1.807) is 11.3 Å². The minimum absolute atomic E-state index is 0.186. The van der Waals surface area contributed by atoms with Gasteiger partial charge in [-0.3, -0.25) is 14.4 Å². The van der Waals surface area contributed by atoms with E-state index >= 15 is 0 Å². The molecule has 3 rings (SSSR count). The molecule has 3 N–H and O–H groups in total. The van der Waals surface area contributed by atoms with Crippen molar-refractivity contribution in [3.8, 4) is 0 Å². The van der Waals surface area contributed by atoms with Gasteiger partial charge in [-0.25, -0.2) is 0 Å². The standard InChI is InChI=1S/C17H18N2O4S3/c18-16(22)15-11-4-1-5-12(11)26-17(15)19-13(20)7-23-14(21)9-24-8-10-3-2-6-25-10/h2-3,6H,1,4-5,7-9H2,(H2,18,22)(H,19,20). The highest BCUT2D eigenvalue weighted by atomic mass is 32.2. The van der Waals surface area contributed by atoms with E-state index in [0.717, 1.165) is 35.5 Å². The van der Waals surface area contributed by atoms with Crippen molar-refractivity contribution < 1.29 is 19.1 Å². The molecule has 138 valence electrons. The number of primary amides is 1. The molecule has 2 heterocycles. The Bertz CT molecular complexity index is 814. The van der Waals surface area contributed by atoms with Crippen molar-refractivity contribution in [2.24, 2.45) is 5.73 Å². The number of ether oxygens (including phenoxy) is 1. The lowest BCUT2D eigenvalue weighted by molar-refractivity contribution is -0.144. The van der Waals surface area contributed by atoms with Gasteiger partial charge in [-0.1, -0.05) is 6.07 Å². The predicted molar refractivity (Wildman–Crippen MR) is 105 cm³/mol. The molecule has 2 aromatic heterocycles. The normalized spacial score (nSPS) is 12.6. The Balaban J connectivity index is 1.45. The zero-order valence-electron chi connectivity index (χ0n) is 13.9. The highest BCUT2D eigenvalue weighted by Crippen LogP contribution is 2.38. The Labute approximate surface area is 163 Å². The summed E-state index contributed by atoms with van der Waals surface area (Å²) in [5.41, 5.74) is 6.80. The van der Waals surface area contributed by atoms with Crippen LogP contribution in [0.3, 0.4) is 0 Å². The molecule has 0 unspecified atom stereocenters. The molecule has 0 aromatic carbocycles. The van der Waals surface area contributed by atoms with Crippen molar-refractivity contribution in [1.29, 1.82) is 0 Å². The lowest BCUT2D eigenvalue weighted by Gasteiger charge is -2.07. The minimum Gasteiger partial charge on any atom is -0.455 e. The smallest absolute Gasteiger partial charge is 0.316 e. The zero-order chi connectivity index (χ0) is 18.5. The first-order valence-electron chi connectivity index (χ1n) is 8.04. The Morgan fingerprint density at radius 1 is 1.31 bits per heavy atom. The van der Waals surface area contributed by atoms with Crippen LogP contribution in [0.25, 0.3) is 0 Å². The fourth-order valence-corrected chi connectivity index (χ4v) is 5.70. The topological polar surface area (TPSA) is 98.5 Å². The summed E-state index contributed by atoms with van der Waals surface area (Å²) >= 11 is 4.45. The van der Waals surface area contributed by atoms with Gasteiger partial charge in [-0.05, 0) is 36.3 Å². The number of fused-ring (bicyclic) bond motifs is 1. The number of thiophene rings is 2. The fourth-order valence-electron chi connectivity index (χ4n) is 2.73. The molecule has 2 aromatic rings. The van der Waals surface area contributed by atoms with Crippen molar-refractivity contribution in [1.82, 2.24) is 0 Å². The molecule has 9 heteroatoms. The summed E-state index contributed by atoms with van der Waals surface area (Å²) in [5.74, 6) is -0.525. The summed E-state index contributed by atoms with van der Waals surface area (Å²) in [7, 11) is 0. The Morgan fingerprint density at radius 3 is 2.88 bits per heavy atom. The number of hydrogen-bond donors (Lipinski definition) is 2. The van der Waals surface area contributed by atoms with Gasteiger partial charge in [0.2, 0.25) is 0 Å². The number of esters is 1. The third kappa shape index (κ3) is 4.66. The molecule has 0 saturated carbocycles. The zero-order valence-corrected chi connectivity index (χ0v) is 16.4. The van der Waals surface area contributed by atoms with Crippen LogP contribution in [0.15, 0.2) is 17.5 Å². The third-order valence-corrected chi connectivity index (χ3v) is 7.05. The molecule has 1 aliphatic rings. The second-order valence-electron chi connectivity index (χ2n) is 5.71. The molecule has 26 heavy (non-hydrogen) atoms. The summed E-state index contributed by atoms with van der Waals surface area (Å²) in [5, 5.41) is 5.09. The highest BCUT2D eigenvalue weighted by Gasteiger charge is 2.26. The lowest BCUT2D eigenvalue weighted by atomic mass is 10.1. The Kier molecular flexibility index (Phi) is 6.33. The monoisotopic (exact) mass is 410 g/mol. The van der Waals surface area contributed by atoms with E-state index in [1.165, 1.54) is 28.0 Å². The van der Waals surface area contributed by atoms with Gasteiger partial charge in [-0.15, -0.1) is 34.4 Å². The molecule has 0 fully saturated rings. The SMILES string of the molecule is NC(=O)c1c(NC(=O)COC(=O)CSCc2cccs2)sc2c1CCC2. The van der Waals surface area contributed by atoms with E-state index in [-0.39, 0.29) is 12.4 Å². The van der Waals surface area contributed by atoms with Gasteiger partial charge in [0.25, 0.3) is 11.8 Å². The molecule has 0 atom stereocenters. The average molecular weight is 411 g/mol. The van der Waals surface area contributed by atoms with Gasteiger partial charge in [0.05, 0.1) is 11.3 Å². The maximum absolute atomic E-state index is 12.0. The molecule has 2 amide bonds. The second kappa shape index (κ2) is 8.70. The van der Waals surface area contributed by atoms with Gasteiger partial charge < -0.3 is 15.8 Å². The van der Waals surface area contributed by atoms with Crippen LogP contribution >= 0.6 is 34.4 Å². The number of carbonyl (C=O) groups excluding carboxylic acids is 3. The summed E-state index contributed by atoms with van der Waals surface area (Å²) in [6, 6.07) is 3.97. The summed E-state index contributed by atoms with van der Waals surface area (Å²) in [6.07, 6.45) is 2.69. The average Bonchev–Trinajstić information content (AvgIpc) is 3.29. The molecule has 0 saturated heterocycles. The highest BCUT2D eigenvalue weighted by molar-refractivity contribution is 7.99. The quantitative estimate of drug-likeness (QED) is 0.652. The van der Waals surface area contributed by atoms with E-state index < -0.39 is 17.8 Å². The van der Waals surface area contributed by atoms with Crippen LogP contribution in [-0.2, 0) is 32.9 Å². The summed E-state index contributed by atoms with van der Waals surface area (Å²) in [6.45, 7) is -0.376. The number of rotatable bonds is 8. The van der Waals surface area contributed by atoms with Gasteiger partial charge in [0.15, 0.2) is 6.61 Å². The maximum Gasteiger partial charge on any atom is 0.316 e. The number of aryl methyl sites for hydroxylation is 1.